The summed E-state index contributed by atoms with van der Waals surface area (Å²) in [4.78, 5) is 1.09. The molecule has 3 aromatic rings. The van der Waals surface area contributed by atoms with E-state index in [4.69, 9.17) is 0 Å². The summed E-state index contributed by atoms with van der Waals surface area (Å²) in [6.45, 7) is 0. The lowest BCUT2D eigenvalue weighted by Gasteiger charge is -2.17. The van der Waals surface area contributed by atoms with Gasteiger partial charge in [0.05, 0.1) is 0 Å². The molecule has 3 aromatic carbocycles. The fourth-order valence-corrected chi connectivity index (χ4v) is 6.21. The van der Waals surface area contributed by atoms with Crippen LogP contribution in [0.5, 0.6) is 0 Å². The number of halogens is 1. The quantitative estimate of drug-likeness (QED) is 0.613. The van der Waals surface area contributed by atoms with Gasteiger partial charge in [0.2, 0.25) is 0 Å². The molecule has 0 unspecified atom stereocenters. The van der Waals surface area contributed by atoms with Crippen LogP contribution in [-0.4, -0.2) is 0 Å². The van der Waals surface area contributed by atoms with Gasteiger partial charge in [-0.15, -0.1) is 0 Å². The maximum Gasteiger partial charge on any atom is 0.123 e. The molecular weight excluding hydrogens is 298 g/mol. The standard InChI is InChI=1S/C18H14FPS/c19-15-11-13-18(14-12-15)21-20(16-7-3-1-4-8-16)17-9-5-2-6-10-17/h1-14H. The summed E-state index contributed by atoms with van der Waals surface area (Å²) < 4.78 is 13.1. The fraction of sp³-hybridized carbons (Fsp3) is 0. The third-order valence-corrected chi connectivity index (χ3v) is 7.64. The predicted molar refractivity (Wildman–Crippen MR) is 91.3 cm³/mol. The van der Waals surface area contributed by atoms with Crippen LogP contribution in [0.15, 0.2) is 89.8 Å². The van der Waals surface area contributed by atoms with E-state index in [1.54, 1.807) is 11.4 Å². The van der Waals surface area contributed by atoms with Gasteiger partial charge in [0.25, 0.3) is 0 Å². The lowest BCUT2D eigenvalue weighted by Crippen LogP contribution is -2.08. The van der Waals surface area contributed by atoms with Crippen molar-refractivity contribution in [2.45, 2.75) is 4.90 Å². The number of hydrogen-bond donors (Lipinski definition) is 0. The summed E-state index contributed by atoms with van der Waals surface area (Å²) in [5.74, 6) is -0.192. The SMILES string of the molecule is Fc1ccc(SP(c2ccccc2)c2ccccc2)cc1. The summed E-state index contributed by atoms with van der Waals surface area (Å²) in [5, 5.41) is 2.63. The third kappa shape index (κ3) is 3.72. The highest BCUT2D eigenvalue weighted by Crippen LogP contribution is 2.51. The van der Waals surface area contributed by atoms with Crippen molar-refractivity contribution >= 4 is 29.1 Å². The molecule has 0 aliphatic heterocycles. The van der Waals surface area contributed by atoms with Gasteiger partial charge in [-0.1, -0.05) is 72.0 Å². The van der Waals surface area contributed by atoms with Crippen molar-refractivity contribution in [1.29, 1.82) is 0 Å². The molecule has 0 fully saturated rings. The van der Waals surface area contributed by atoms with Gasteiger partial charge in [0.15, 0.2) is 0 Å². The van der Waals surface area contributed by atoms with Crippen LogP contribution in [0.4, 0.5) is 4.39 Å². The van der Waals surface area contributed by atoms with Crippen molar-refractivity contribution in [3.8, 4) is 0 Å². The Kier molecular flexibility index (Phi) is 4.69. The van der Waals surface area contributed by atoms with Crippen LogP contribution in [0.1, 0.15) is 0 Å². The highest BCUT2D eigenvalue weighted by molar-refractivity contribution is 8.60. The van der Waals surface area contributed by atoms with E-state index < -0.39 is 7.12 Å². The van der Waals surface area contributed by atoms with Gasteiger partial charge < -0.3 is 0 Å². The van der Waals surface area contributed by atoms with E-state index in [-0.39, 0.29) is 5.82 Å². The lowest BCUT2D eigenvalue weighted by molar-refractivity contribution is 0.626. The summed E-state index contributed by atoms with van der Waals surface area (Å²) in [6, 6.07) is 27.7. The third-order valence-electron chi connectivity index (χ3n) is 2.99. The average Bonchev–Trinajstić information content (AvgIpc) is 2.56. The summed E-state index contributed by atoms with van der Waals surface area (Å²) >= 11 is 1.80. The number of rotatable bonds is 4. The molecule has 0 saturated carbocycles. The summed E-state index contributed by atoms with van der Waals surface area (Å²) in [7, 11) is -0.543. The van der Waals surface area contributed by atoms with E-state index in [1.165, 1.54) is 22.7 Å². The smallest absolute Gasteiger partial charge is 0.123 e. The minimum atomic E-state index is -0.543. The van der Waals surface area contributed by atoms with E-state index in [9.17, 15) is 4.39 Å². The van der Waals surface area contributed by atoms with E-state index in [0.717, 1.165) is 4.90 Å². The van der Waals surface area contributed by atoms with Crippen molar-refractivity contribution in [1.82, 2.24) is 0 Å². The van der Waals surface area contributed by atoms with Crippen LogP contribution in [0.25, 0.3) is 0 Å². The van der Waals surface area contributed by atoms with E-state index in [1.807, 2.05) is 24.3 Å². The van der Waals surface area contributed by atoms with Crippen LogP contribution in [0.3, 0.4) is 0 Å². The van der Waals surface area contributed by atoms with Crippen molar-refractivity contribution in [3.63, 3.8) is 0 Å². The molecule has 3 rings (SSSR count). The molecule has 0 saturated heterocycles. The first-order valence-corrected chi connectivity index (χ1v) is 9.43. The van der Waals surface area contributed by atoms with E-state index in [0.29, 0.717) is 0 Å². The van der Waals surface area contributed by atoms with Crippen LogP contribution in [0.2, 0.25) is 0 Å². The molecule has 0 bridgehead atoms. The first-order valence-electron chi connectivity index (χ1n) is 6.67. The first-order chi connectivity index (χ1) is 10.3. The highest BCUT2D eigenvalue weighted by Gasteiger charge is 2.15. The summed E-state index contributed by atoms with van der Waals surface area (Å²) in [5.41, 5.74) is 0. The zero-order chi connectivity index (χ0) is 14.5. The Bertz CT molecular complexity index is 644. The average molecular weight is 312 g/mol. The van der Waals surface area contributed by atoms with Gasteiger partial charge in [0.1, 0.15) is 5.82 Å². The van der Waals surface area contributed by atoms with E-state index >= 15 is 0 Å². The highest BCUT2D eigenvalue weighted by atomic mass is 32.7. The van der Waals surface area contributed by atoms with Crippen molar-refractivity contribution in [2.24, 2.45) is 0 Å². The molecule has 0 heterocycles. The lowest BCUT2D eigenvalue weighted by atomic mass is 10.4. The molecule has 0 nitrogen and oxygen atoms in total. The number of benzene rings is 3. The number of hydrogen-bond acceptors (Lipinski definition) is 1. The monoisotopic (exact) mass is 312 g/mol. The Labute approximate surface area is 129 Å². The first kappa shape index (κ1) is 14.3. The second-order valence-electron chi connectivity index (χ2n) is 4.51. The zero-order valence-electron chi connectivity index (χ0n) is 11.3. The van der Waals surface area contributed by atoms with Crippen molar-refractivity contribution < 1.29 is 4.39 Å². The molecule has 0 amide bonds. The molecule has 0 aromatic heterocycles. The fourth-order valence-electron chi connectivity index (χ4n) is 1.98. The topological polar surface area (TPSA) is 0 Å². The summed E-state index contributed by atoms with van der Waals surface area (Å²) in [6.07, 6.45) is 0. The maximum atomic E-state index is 13.1. The van der Waals surface area contributed by atoms with E-state index in [2.05, 4.69) is 48.5 Å². The molecular formula is C18H14FPS. The van der Waals surface area contributed by atoms with Crippen LogP contribution < -0.4 is 10.6 Å². The molecule has 0 N–H and O–H groups in total. The Morgan fingerprint density at radius 1 is 0.619 bits per heavy atom. The Morgan fingerprint density at radius 3 is 1.57 bits per heavy atom. The zero-order valence-corrected chi connectivity index (χ0v) is 13.0. The maximum absolute atomic E-state index is 13.1. The van der Waals surface area contributed by atoms with Crippen molar-refractivity contribution in [3.05, 3.63) is 90.7 Å². The minimum Gasteiger partial charge on any atom is -0.207 e. The van der Waals surface area contributed by atoms with Gasteiger partial charge in [-0.25, -0.2) is 4.39 Å². The predicted octanol–water partition coefficient (Wildman–Crippen LogP) is 4.97. The van der Waals surface area contributed by atoms with Gasteiger partial charge in [-0.2, -0.15) is 0 Å². The van der Waals surface area contributed by atoms with Crippen LogP contribution >= 0.6 is 18.5 Å². The second-order valence-corrected chi connectivity index (χ2v) is 8.43. The largest absolute Gasteiger partial charge is 0.207 e. The van der Waals surface area contributed by atoms with Crippen LogP contribution in [-0.2, 0) is 0 Å². The van der Waals surface area contributed by atoms with Gasteiger partial charge >= 0.3 is 0 Å². The molecule has 0 aliphatic rings. The molecule has 0 spiro atoms. The van der Waals surface area contributed by atoms with Gasteiger partial charge in [-0.05, 0) is 34.9 Å². The molecule has 0 radical (unpaired) electrons. The second kappa shape index (κ2) is 6.89. The van der Waals surface area contributed by atoms with Gasteiger partial charge in [-0.3, -0.25) is 0 Å². The molecule has 21 heavy (non-hydrogen) atoms. The van der Waals surface area contributed by atoms with Gasteiger partial charge in [0, 0.05) is 12.0 Å². The molecule has 104 valence electrons. The molecule has 0 aliphatic carbocycles. The minimum absolute atomic E-state index is 0.192. The Hall–Kier alpha value is -1.63. The molecule has 0 atom stereocenters. The van der Waals surface area contributed by atoms with Crippen LogP contribution in [0, 0.1) is 5.82 Å². The Morgan fingerprint density at radius 2 is 1.10 bits per heavy atom. The normalized spacial score (nSPS) is 10.8. The molecule has 3 heteroatoms. The van der Waals surface area contributed by atoms with Crippen molar-refractivity contribution in [2.75, 3.05) is 0 Å². The Balaban J connectivity index is 1.95.